The summed E-state index contributed by atoms with van der Waals surface area (Å²) in [4.78, 5) is 25.6. The first-order valence-electron chi connectivity index (χ1n) is 10.1. The number of hydrogen-bond donors (Lipinski definition) is 2. The van der Waals surface area contributed by atoms with Gasteiger partial charge in [0.1, 0.15) is 6.04 Å². The first kappa shape index (κ1) is 21.3. The molecule has 0 aliphatic rings. The van der Waals surface area contributed by atoms with E-state index >= 15 is 0 Å². The van der Waals surface area contributed by atoms with E-state index < -0.39 is 6.04 Å². The lowest BCUT2D eigenvalue weighted by molar-refractivity contribution is -0.119. The molecule has 0 bridgehead atoms. The molecule has 2 aromatic carbocycles. The summed E-state index contributed by atoms with van der Waals surface area (Å²) in [6.45, 7) is 9.76. The Kier molecular flexibility index (Phi) is 6.35. The Morgan fingerprint density at radius 3 is 1.87 bits per heavy atom. The van der Waals surface area contributed by atoms with Gasteiger partial charge < -0.3 is 10.6 Å². The molecule has 3 rings (SSSR count). The van der Waals surface area contributed by atoms with Crippen molar-refractivity contribution in [3.63, 3.8) is 0 Å². The van der Waals surface area contributed by atoms with Crippen LogP contribution in [0.25, 0.3) is 0 Å². The van der Waals surface area contributed by atoms with Gasteiger partial charge in [0.05, 0.1) is 0 Å². The zero-order chi connectivity index (χ0) is 21.8. The fourth-order valence-corrected chi connectivity index (χ4v) is 3.53. The predicted molar refractivity (Wildman–Crippen MR) is 120 cm³/mol. The highest BCUT2D eigenvalue weighted by atomic mass is 16.2. The molecule has 0 spiro atoms. The third-order valence-electron chi connectivity index (χ3n) is 5.30. The van der Waals surface area contributed by atoms with Gasteiger partial charge in [0.15, 0.2) is 5.69 Å². The Hall–Kier alpha value is -3.41. The van der Waals surface area contributed by atoms with E-state index in [0.29, 0.717) is 6.42 Å². The second kappa shape index (κ2) is 8.95. The topological polar surface area (TPSA) is 76.0 Å². The SMILES string of the molecule is CCC(C(=O)Nc1c(C)cccc1C)n1ccc(C(=O)Nc2c(C)cccc2C)n1. The van der Waals surface area contributed by atoms with Crippen LogP contribution in [-0.4, -0.2) is 21.6 Å². The number of aryl methyl sites for hydroxylation is 4. The highest BCUT2D eigenvalue weighted by Crippen LogP contribution is 2.23. The van der Waals surface area contributed by atoms with Crippen LogP contribution >= 0.6 is 0 Å². The molecular formula is C24H28N4O2. The number of para-hydroxylation sites is 2. The maximum atomic E-state index is 12.9. The zero-order valence-corrected chi connectivity index (χ0v) is 18.1. The Morgan fingerprint density at radius 2 is 1.37 bits per heavy atom. The molecule has 1 heterocycles. The average molecular weight is 405 g/mol. The number of nitrogens with zero attached hydrogens (tertiary/aromatic N) is 2. The number of nitrogens with one attached hydrogen (secondary N) is 2. The van der Waals surface area contributed by atoms with Gasteiger partial charge >= 0.3 is 0 Å². The van der Waals surface area contributed by atoms with Crippen LogP contribution in [0.4, 0.5) is 11.4 Å². The molecule has 0 fully saturated rings. The number of carbonyl (C=O) groups is 2. The predicted octanol–water partition coefficient (Wildman–Crippen LogP) is 4.96. The van der Waals surface area contributed by atoms with Crippen LogP contribution in [-0.2, 0) is 4.79 Å². The molecule has 0 aliphatic carbocycles. The largest absolute Gasteiger partial charge is 0.324 e. The summed E-state index contributed by atoms with van der Waals surface area (Å²) in [7, 11) is 0. The Morgan fingerprint density at radius 1 is 0.867 bits per heavy atom. The number of hydrogen-bond acceptors (Lipinski definition) is 3. The van der Waals surface area contributed by atoms with Crippen LogP contribution < -0.4 is 10.6 Å². The Labute approximate surface area is 177 Å². The van der Waals surface area contributed by atoms with Crippen molar-refractivity contribution in [2.45, 2.75) is 47.1 Å². The van der Waals surface area contributed by atoms with Crippen molar-refractivity contribution in [1.29, 1.82) is 0 Å². The molecule has 0 aliphatic heterocycles. The summed E-state index contributed by atoms with van der Waals surface area (Å²) < 4.78 is 1.56. The monoisotopic (exact) mass is 404 g/mol. The van der Waals surface area contributed by atoms with Crippen molar-refractivity contribution in [2.75, 3.05) is 10.6 Å². The third-order valence-corrected chi connectivity index (χ3v) is 5.30. The quantitative estimate of drug-likeness (QED) is 0.610. The van der Waals surface area contributed by atoms with Gasteiger partial charge in [-0.15, -0.1) is 0 Å². The third kappa shape index (κ3) is 4.43. The minimum atomic E-state index is -0.509. The molecule has 0 saturated carbocycles. The minimum Gasteiger partial charge on any atom is -0.324 e. The van der Waals surface area contributed by atoms with E-state index in [9.17, 15) is 9.59 Å². The number of aromatic nitrogens is 2. The van der Waals surface area contributed by atoms with Crippen LogP contribution in [0.1, 0.15) is 52.1 Å². The van der Waals surface area contributed by atoms with Crippen LogP contribution in [0, 0.1) is 27.7 Å². The molecule has 0 radical (unpaired) electrons. The fourth-order valence-electron chi connectivity index (χ4n) is 3.53. The van der Waals surface area contributed by atoms with Crippen LogP contribution in [0.3, 0.4) is 0 Å². The lowest BCUT2D eigenvalue weighted by Crippen LogP contribution is -2.27. The first-order valence-corrected chi connectivity index (χ1v) is 10.1. The summed E-state index contributed by atoms with van der Waals surface area (Å²) in [5.74, 6) is -0.448. The summed E-state index contributed by atoms with van der Waals surface area (Å²) in [5, 5.41) is 10.3. The molecule has 0 saturated heterocycles. The van der Waals surface area contributed by atoms with E-state index in [-0.39, 0.29) is 17.5 Å². The molecular weight excluding hydrogens is 376 g/mol. The molecule has 6 nitrogen and oxygen atoms in total. The highest BCUT2D eigenvalue weighted by Gasteiger charge is 2.22. The van der Waals surface area contributed by atoms with E-state index in [2.05, 4.69) is 15.7 Å². The van der Waals surface area contributed by atoms with Crippen molar-refractivity contribution >= 4 is 23.2 Å². The van der Waals surface area contributed by atoms with Gasteiger partial charge in [0.2, 0.25) is 5.91 Å². The standard InChI is InChI=1S/C24H28N4O2/c1-6-20(24(30)26-22-17(4)11-8-12-18(22)5)28-14-13-19(27-28)23(29)25-21-15(2)9-7-10-16(21)3/h7-14,20H,6H2,1-5H3,(H,25,29)(H,26,30). The molecule has 2 amide bonds. The smallest absolute Gasteiger partial charge is 0.276 e. The van der Waals surface area contributed by atoms with E-state index in [1.54, 1.807) is 16.9 Å². The van der Waals surface area contributed by atoms with Crippen LogP contribution in [0.15, 0.2) is 48.7 Å². The van der Waals surface area contributed by atoms with Crippen molar-refractivity contribution < 1.29 is 9.59 Å². The first-order chi connectivity index (χ1) is 14.3. The molecule has 2 N–H and O–H groups in total. The maximum absolute atomic E-state index is 12.9. The van der Waals surface area contributed by atoms with Crippen LogP contribution in [0.5, 0.6) is 0 Å². The number of rotatable bonds is 6. The van der Waals surface area contributed by atoms with E-state index in [4.69, 9.17) is 0 Å². The number of anilines is 2. The maximum Gasteiger partial charge on any atom is 0.276 e. The molecule has 1 atom stereocenters. The van der Waals surface area contributed by atoms with Gasteiger partial charge in [-0.2, -0.15) is 5.10 Å². The average Bonchev–Trinajstić information content (AvgIpc) is 3.18. The van der Waals surface area contributed by atoms with Gasteiger partial charge in [-0.05, 0) is 62.4 Å². The normalized spacial score (nSPS) is 11.8. The van der Waals surface area contributed by atoms with Gasteiger partial charge in [-0.25, -0.2) is 0 Å². The van der Waals surface area contributed by atoms with Gasteiger partial charge in [-0.3, -0.25) is 14.3 Å². The lowest BCUT2D eigenvalue weighted by Gasteiger charge is -2.18. The van der Waals surface area contributed by atoms with Crippen LogP contribution in [0.2, 0.25) is 0 Å². The lowest BCUT2D eigenvalue weighted by atomic mass is 10.1. The van der Waals surface area contributed by atoms with Gasteiger partial charge in [0, 0.05) is 17.6 Å². The Balaban J connectivity index is 1.77. The summed E-state index contributed by atoms with van der Waals surface area (Å²) in [6, 6.07) is 12.9. The van der Waals surface area contributed by atoms with Crippen molar-refractivity contribution in [1.82, 2.24) is 9.78 Å². The van der Waals surface area contributed by atoms with Crippen molar-refractivity contribution in [3.8, 4) is 0 Å². The van der Waals surface area contributed by atoms with E-state index in [1.165, 1.54) is 0 Å². The Bertz CT molecular complexity index is 1040. The molecule has 30 heavy (non-hydrogen) atoms. The van der Waals surface area contributed by atoms with Crippen molar-refractivity contribution in [3.05, 3.63) is 76.6 Å². The fraction of sp³-hybridized carbons (Fsp3) is 0.292. The molecule has 156 valence electrons. The number of benzene rings is 2. The molecule has 3 aromatic rings. The van der Waals surface area contributed by atoms with E-state index in [0.717, 1.165) is 33.6 Å². The second-order valence-corrected chi connectivity index (χ2v) is 7.58. The summed E-state index contributed by atoms with van der Waals surface area (Å²) in [6.07, 6.45) is 2.23. The molecule has 1 aromatic heterocycles. The van der Waals surface area contributed by atoms with Crippen molar-refractivity contribution in [2.24, 2.45) is 0 Å². The van der Waals surface area contributed by atoms with Gasteiger partial charge in [-0.1, -0.05) is 43.3 Å². The number of carbonyl (C=O) groups excluding carboxylic acids is 2. The molecule has 6 heteroatoms. The summed E-state index contributed by atoms with van der Waals surface area (Å²) >= 11 is 0. The molecule has 1 unspecified atom stereocenters. The second-order valence-electron chi connectivity index (χ2n) is 7.58. The highest BCUT2D eigenvalue weighted by molar-refractivity contribution is 6.03. The van der Waals surface area contributed by atoms with E-state index in [1.807, 2.05) is 71.0 Å². The van der Waals surface area contributed by atoms with Gasteiger partial charge in [0.25, 0.3) is 5.91 Å². The zero-order valence-electron chi connectivity index (χ0n) is 18.1. The summed E-state index contributed by atoms with van der Waals surface area (Å²) in [5.41, 5.74) is 5.87. The minimum absolute atomic E-state index is 0.153. The number of amides is 2.